The van der Waals surface area contributed by atoms with E-state index in [0.29, 0.717) is 43.6 Å². The Labute approximate surface area is 241 Å². The number of nitrogens with two attached hydrogens (primary N) is 1. The lowest BCUT2D eigenvalue weighted by atomic mass is 10.0. The van der Waals surface area contributed by atoms with Crippen molar-refractivity contribution >= 4 is 54.2 Å². The molecule has 4 aromatic carbocycles. The van der Waals surface area contributed by atoms with Gasteiger partial charge in [0.25, 0.3) is 0 Å². The number of fused-ring (bicyclic) bond motifs is 1. The van der Waals surface area contributed by atoms with Gasteiger partial charge in [0.2, 0.25) is 20.0 Å². The van der Waals surface area contributed by atoms with Gasteiger partial charge in [-0.15, -0.1) is 0 Å². The molecular weight excluding hydrogens is 593 g/mol. The van der Waals surface area contributed by atoms with Gasteiger partial charge < -0.3 is 9.72 Å². The summed E-state index contributed by atoms with van der Waals surface area (Å²) >= 11 is 12.6. The molecule has 1 aromatic heterocycles. The van der Waals surface area contributed by atoms with Crippen LogP contribution in [0.1, 0.15) is 11.1 Å². The molecule has 0 radical (unpaired) electrons. The minimum atomic E-state index is -4.22. The number of nitrogens with one attached hydrogen (secondary N) is 2. The Kier molecular flexibility index (Phi) is 7.66. The first-order chi connectivity index (χ1) is 19.0. The van der Waals surface area contributed by atoms with Crippen LogP contribution in [0.4, 0.5) is 0 Å². The van der Waals surface area contributed by atoms with Gasteiger partial charge in [-0.05, 0) is 48.9 Å². The maximum atomic E-state index is 13.4. The number of aryl methyl sites for hydroxylation is 1. The van der Waals surface area contributed by atoms with Crippen molar-refractivity contribution in [1.29, 1.82) is 0 Å². The van der Waals surface area contributed by atoms with Crippen molar-refractivity contribution in [3.63, 3.8) is 0 Å². The fourth-order valence-electron chi connectivity index (χ4n) is 4.32. The molecule has 0 saturated carbocycles. The maximum Gasteiger partial charge on any atom is 0.240 e. The quantitative estimate of drug-likeness (QED) is 0.187. The molecule has 0 aliphatic heterocycles. The highest BCUT2D eigenvalue weighted by Gasteiger charge is 2.23. The van der Waals surface area contributed by atoms with Gasteiger partial charge in [-0.1, -0.05) is 65.7 Å². The Morgan fingerprint density at radius 1 is 0.850 bits per heavy atom. The fraction of sp³-hybridized carbons (Fsp3) is 0.0714. The molecule has 5 rings (SSSR count). The van der Waals surface area contributed by atoms with Gasteiger partial charge in [-0.3, -0.25) is 0 Å². The number of halogens is 2. The summed E-state index contributed by atoms with van der Waals surface area (Å²) < 4.78 is 60.4. The van der Waals surface area contributed by atoms with E-state index in [1.54, 1.807) is 36.4 Å². The molecule has 8 nitrogen and oxygen atoms in total. The van der Waals surface area contributed by atoms with Crippen LogP contribution >= 0.6 is 23.2 Å². The van der Waals surface area contributed by atoms with Gasteiger partial charge in [0, 0.05) is 34.8 Å². The molecular formula is C28H23Cl2N3O5S2. The Bertz CT molecular complexity index is 1970. The second kappa shape index (κ2) is 10.9. The normalized spacial score (nSPS) is 12.1. The van der Waals surface area contributed by atoms with Crippen molar-refractivity contribution in [1.82, 2.24) is 9.71 Å². The maximum absolute atomic E-state index is 13.4. The van der Waals surface area contributed by atoms with Crippen molar-refractivity contribution in [3.05, 3.63) is 106 Å². The Morgan fingerprint density at radius 3 is 2.27 bits per heavy atom. The number of para-hydroxylation sites is 2. The van der Waals surface area contributed by atoms with Crippen molar-refractivity contribution in [3.8, 4) is 22.6 Å². The van der Waals surface area contributed by atoms with E-state index >= 15 is 0 Å². The predicted octanol–water partition coefficient (Wildman–Crippen LogP) is 6.37. The first-order valence-electron chi connectivity index (χ1n) is 11.9. The molecule has 40 heavy (non-hydrogen) atoms. The zero-order valence-corrected chi connectivity index (χ0v) is 24.1. The van der Waals surface area contributed by atoms with E-state index in [1.807, 2.05) is 31.2 Å². The summed E-state index contributed by atoms with van der Waals surface area (Å²) in [4.78, 5) is 2.57. The van der Waals surface area contributed by atoms with Crippen LogP contribution in [0.3, 0.4) is 0 Å². The highest BCUT2D eigenvalue weighted by Crippen LogP contribution is 2.39. The van der Waals surface area contributed by atoms with Gasteiger partial charge in [-0.25, -0.2) is 26.7 Å². The first-order valence-corrected chi connectivity index (χ1v) is 15.7. The zero-order valence-electron chi connectivity index (χ0n) is 21.0. The van der Waals surface area contributed by atoms with Gasteiger partial charge >= 0.3 is 0 Å². The van der Waals surface area contributed by atoms with E-state index in [1.165, 1.54) is 24.4 Å². The Balaban J connectivity index is 1.52. The zero-order chi connectivity index (χ0) is 28.7. The molecule has 0 unspecified atom stereocenters. The molecule has 0 bridgehead atoms. The first kappa shape index (κ1) is 28.2. The number of ether oxygens (including phenoxy) is 1. The molecule has 0 spiro atoms. The average molecular weight is 617 g/mol. The second-order valence-corrected chi connectivity index (χ2v) is 13.1. The predicted molar refractivity (Wildman–Crippen MR) is 157 cm³/mol. The van der Waals surface area contributed by atoms with Crippen LogP contribution in [-0.4, -0.2) is 21.8 Å². The summed E-state index contributed by atoms with van der Waals surface area (Å²) in [6.07, 6.45) is 1.51. The van der Waals surface area contributed by atoms with Crippen LogP contribution in [0.2, 0.25) is 10.0 Å². The van der Waals surface area contributed by atoms with E-state index in [9.17, 15) is 16.8 Å². The molecule has 1 heterocycles. The summed E-state index contributed by atoms with van der Waals surface area (Å²) in [5, 5.41) is 6.64. The lowest BCUT2D eigenvalue weighted by Gasteiger charge is -2.15. The van der Waals surface area contributed by atoms with Crippen molar-refractivity contribution in [2.45, 2.75) is 23.3 Å². The van der Waals surface area contributed by atoms with Gasteiger partial charge in [0.1, 0.15) is 11.5 Å². The Hall–Kier alpha value is -3.38. The second-order valence-electron chi connectivity index (χ2n) is 8.98. The number of aromatic amines is 1. The topological polar surface area (TPSA) is 131 Å². The average Bonchev–Trinajstić information content (AvgIpc) is 3.31. The SMILES string of the molecule is Cc1ccccc1Oc1ccccc1CNS(=O)(=O)c1ccc(S(N)(=O)=O)c(-c2ccc(Cl)c3c(Cl)c[nH]c23)c1. The van der Waals surface area contributed by atoms with Crippen molar-refractivity contribution in [2.24, 2.45) is 5.14 Å². The van der Waals surface area contributed by atoms with Crippen LogP contribution in [-0.2, 0) is 26.6 Å². The highest BCUT2D eigenvalue weighted by molar-refractivity contribution is 7.90. The molecule has 0 saturated heterocycles. The van der Waals surface area contributed by atoms with Crippen LogP contribution in [0, 0.1) is 6.92 Å². The van der Waals surface area contributed by atoms with E-state index < -0.39 is 20.0 Å². The van der Waals surface area contributed by atoms with Gasteiger partial charge in [-0.2, -0.15) is 0 Å². The number of benzene rings is 4. The third-order valence-electron chi connectivity index (χ3n) is 6.33. The number of H-pyrrole nitrogens is 1. The minimum absolute atomic E-state index is 0.0753. The van der Waals surface area contributed by atoms with Gasteiger partial charge in [0.15, 0.2) is 0 Å². The van der Waals surface area contributed by atoms with E-state index in [4.69, 9.17) is 33.1 Å². The van der Waals surface area contributed by atoms with Crippen molar-refractivity contribution < 1.29 is 21.6 Å². The van der Waals surface area contributed by atoms with Crippen LogP contribution in [0.25, 0.3) is 22.0 Å². The number of hydrogen-bond donors (Lipinski definition) is 3. The van der Waals surface area contributed by atoms with Crippen LogP contribution < -0.4 is 14.6 Å². The Morgan fingerprint density at radius 2 is 1.55 bits per heavy atom. The summed E-state index contributed by atoms with van der Waals surface area (Å²) in [5.41, 5.74) is 2.42. The minimum Gasteiger partial charge on any atom is -0.457 e. The number of aromatic nitrogens is 1. The highest BCUT2D eigenvalue weighted by atomic mass is 35.5. The molecule has 206 valence electrons. The van der Waals surface area contributed by atoms with Crippen LogP contribution in [0.5, 0.6) is 11.5 Å². The van der Waals surface area contributed by atoms with E-state index in [0.717, 1.165) is 5.56 Å². The molecule has 5 aromatic rings. The molecule has 0 amide bonds. The number of primary sulfonamides is 1. The van der Waals surface area contributed by atoms with Crippen LogP contribution in [0.15, 0.2) is 94.9 Å². The van der Waals surface area contributed by atoms with E-state index in [2.05, 4.69) is 9.71 Å². The molecule has 0 aliphatic carbocycles. The summed E-state index contributed by atoms with van der Waals surface area (Å²) in [6, 6.07) is 21.3. The fourth-order valence-corrected chi connectivity index (χ4v) is 6.65. The number of hydrogen-bond acceptors (Lipinski definition) is 5. The molecule has 0 fully saturated rings. The standard InChI is InChI=1S/C28H23Cl2N3O5S2/c1-17-6-2-4-8-24(17)38-25-9-5-3-7-18(25)15-33-40(36,37)19-10-13-26(39(31,34)35)21(14-19)20-11-12-22(29)27-23(30)16-32-28(20)27/h2-14,16,32-33H,15H2,1H3,(H2,31,34,35). The molecule has 0 aliphatic rings. The molecule has 0 atom stereocenters. The summed E-state index contributed by atoms with van der Waals surface area (Å²) in [7, 11) is -8.33. The summed E-state index contributed by atoms with van der Waals surface area (Å²) in [5.74, 6) is 1.15. The molecule has 12 heteroatoms. The number of sulfonamides is 2. The van der Waals surface area contributed by atoms with Gasteiger partial charge in [0.05, 0.1) is 25.4 Å². The lowest BCUT2D eigenvalue weighted by molar-refractivity contribution is 0.471. The monoisotopic (exact) mass is 615 g/mol. The summed E-state index contributed by atoms with van der Waals surface area (Å²) in [6.45, 7) is 1.84. The smallest absolute Gasteiger partial charge is 0.240 e. The van der Waals surface area contributed by atoms with E-state index in [-0.39, 0.29) is 21.9 Å². The lowest BCUT2D eigenvalue weighted by Crippen LogP contribution is -2.24. The third kappa shape index (κ3) is 5.60. The largest absolute Gasteiger partial charge is 0.457 e. The molecule has 4 N–H and O–H groups in total. The number of rotatable bonds is 8. The van der Waals surface area contributed by atoms with Crippen molar-refractivity contribution in [2.75, 3.05) is 0 Å². The third-order valence-corrected chi connectivity index (χ3v) is 9.31.